The molecule has 0 amide bonds. The van der Waals surface area contributed by atoms with Crippen molar-refractivity contribution in [3.05, 3.63) is 18.0 Å². The molecule has 4 nitrogen and oxygen atoms in total. The van der Waals surface area contributed by atoms with Crippen LogP contribution in [0.5, 0.6) is 0 Å². The molecule has 1 aromatic rings. The lowest BCUT2D eigenvalue weighted by molar-refractivity contribution is 0.167. The summed E-state index contributed by atoms with van der Waals surface area (Å²) < 4.78 is 2.03. The van der Waals surface area contributed by atoms with Gasteiger partial charge in [0, 0.05) is 25.2 Å². The number of aliphatic hydroxyl groups is 1. The van der Waals surface area contributed by atoms with E-state index in [1.165, 1.54) is 0 Å². The number of hydrogen-bond donors (Lipinski definition) is 2. The van der Waals surface area contributed by atoms with Gasteiger partial charge in [0.2, 0.25) is 0 Å². The summed E-state index contributed by atoms with van der Waals surface area (Å²) in [6.45, 7) is 9.13. The Morgan fingerprint density at radius 2 is 2.00 bits per heavy atom. The Morgan fingerprint density at radius 1 is 1.33 bits per heavy atom. The Labute approximate surface area is 110 Å². The fraction of sp³-hybridized carbons (Fsp3) is 0.786. The van der Waals surface area contributed by atoms with Gasteiger partial charge in [0.05, 0.1) is 17.8 Å². The number of hydrogen-bond acceptors (Lipinski definition) is 3. The molecular weight excluding hydrogens is 226 g/mol. The van der Waals surface area contributed by atoms with E-state index in [0.717, 1.165) is 18.5 Å². The normalized spacial score (nSPS) is 13.5. The molecule has 1 unspecified atom stereocenters. The first-order chi connectivity index (χ1) is 8.56. The van der Waals surface area contributed by atoms with Crippen LogP contribution >= 0.6 is 0 Å². The summed E-state index contributed by atoms with van der Waals surface area (Å²) in [6.07, 6.45) is 4.46. The number of rotatable bonds is 8. The Kier molecular flexibility index (Phi) is 6.36. The van der Waals surface area contributed by atoms with Crippen molar-refractivity contribution >= 4 is 0 Å². The van der Waals surface area contributed by atoms with Crippen molar-refractivity contribution in [1.29, 1.82) is 0 Å². The molecule has 0 saturated heterocycles. The molecule has 104 valence electrons. The maximum atomic E-state index is 9.90. The third kappa shape index (κ3) is 4.78. The van der Waals surface area contributed by atoms with Crippen LogP contribution in [0.1, 0.15) is 52.3 Å². The van der Waals surface area contributed by atoms with Gasteiger partial charge in [-0.1, -0.05) is 27.7 Å². The smallest absolute Gasteiger partial charge is 0.0720 e. The highest BCUT2D eigenvalue weighted by Crippen LogP contribution is 2.14. The molecule has 0 saturated carbocycles. The van der Waals surface area contributed by atoms with Crippen molar-refractivity contribution in [3.63, 3.8) is 0 Å². The van der Waals surface area contributed by atoms with Gasteiger partial charge in [0.15, 0.2) is 0 Å². The van der Waals surface area contributed by atoms with E-state index in [2.05, 4.69) is 38.1 Å². The van der Waals surface area contributed by atoms with Crippen molar-refractivity contribution in [3.8, 4) is 0 Å². The lowest BCUT2D eigenvalue weighted by atomic mass is 10.2. The summed E-state index contributed by atoms with van der Waals surface area (Å²) in [5, 5.41) is 17.7. The topological polar surface area (TPSA) is 50.1 Å². The number of aromatic nitrogens is 2. The van der Waals surface area contributed by atoms with Crippen molar-refractivity contribution in [2.45, 2.75) is 65.1 Å². The largest absolute Gasteiger partial charge is 0.391 e. The van der Waals surface area contributed by atoms with Gasteiger partial charge in [-0.25, -0.2) is 0 Å². The van der Waals surface area contributed by atoms with E-state index < -0.39 is 0 Å². The molecule has 1 rings (SSSR count). The van der Waals surface area contributed by atoms with Crippen LogP contribution in [0.4, 0.5) is 0 Å². The van der Waals surface area contributed by atoms with Crippen molar-refractivity contribution < 1.29 is 5.11 Å². The minimum atomic E-state index is -0.363. The molecular formula is C14H27N3O. The molecule has 0 spiro atoms. The predicted molar refractivity (Wildman–Crippen MR) is 74.7 cm³/mol. The molecule has 0 aliphatic heterocycles. The first kappa shape index (κ1) is 15.2. The summed E-state index contributed by atoms with van der Waals surface area (Å²) in [6, 6.07) is 2.89. The highest BCUT2D eigenvalue weighted by atomic mass is 16.3. The second kappa shape index (κ2) is 7.54. The van der Waals surface area contributed by atoms with Gasteiger partial charge in [0.25, 0.3) is 0 Å². The van der Waals surface area contributed by atoms with E-state index >= 15 is 0 Å². The summed E-state index contributed by atoms with van der Waals surface area (Å²) in [5.74, 6) is 0. The maximum absolute atomic E-state index is 9.90. The molecule has 1 atom stereocenters. The molecule has 0 aromatic carbocycles. The molecule has 1 aromatic heterocycles. The Bertz CT molecular complexity index is 332. The minimum Gasteiger partial charge on any atom is -0.391 e. The minimum absolute atomic E-state index is 0.363. The summed E-state index contributed by atoms with van der Waals surface area (Å²) in [4.78, 5) is 0. The second-order valence-electron chi connectivity index (χ2n) is 5.18. The van der Waals surface area contributed by atoms with Crippen molar-refractivity contribution in [1.82, 2.24) is 15.1 Å². The van der Waals surface area contributed by atoms with E-state index in [9.17, 15) is 5.11 Å². The predicted octanol–water partition coefficient (Wildman–Crippen LogP) is 2.15. The molecule has 1 heterocycles. The van der Waals surface area contributed by atoms with E-state index in [4.69, 9.17) is 0 Å². The van der Waals surface area contributed by atoms with Crippen molar-refractivity contribution in [2.24, 2.45) is 0 Å². The summed E-state index contributed by atoms with van der Waals surface area (Å²) in [7, 11) is 0. The third-order valence-corrected chi connectivity index (χ3v) is 3.19. The van der Waals surface area contributed by atoms with Crippen molar-refractivity contribution in [2.75, 3.05) is 6.54 Å². The standard InChI is InChI=1S/C14H27N3O/c1-5-13(6-2)17-8-7-12(16-17)9-14(18)10-15-11(3)4/h7-8,11,13-15,18H,5-6,9-10H2,1-4H3. The molecule has 0 radical (unpaired) electrons. The van der Waals surface area contributed by atoms with Crippen LogP contribution in [0.15, 0.2) is 12.3 Å². The lowest BCUT2D eigenvalue weighted by Crippen LogP contribution is -2.33. The van der Waals surface area contributed by atoms with Crippen LogP contribution in [-0.4, -0.2) is 33.6 Å². The molecule has 0 aliphatic carbocycles. The van der Waals surface area contributed by atoms with Crippen LogP contribution in [0.2, 0.25) is 0 Å². The average Bonchev–Trinajstić information content (AvgIpc) is 2.76. The molecule has 0 bridgehead atoms. The SMILES string of the molecule is CCC(CC)n1ccc(CC(O)CNC(C)C)n1. The lowest BCUT2D eigenvalue weighted by Gasteiger charge is -2.14. The summed E-state index contributed by atoms with van der Waals surface area (Å²) >= 11 is 0. The van der Waals surface area contributed by atoms with E-state index in [-0.39, 0.29) is 6.10 Å². The molecule has 4 heteroatoms. The zero-order chi connectivity index (χ0) is 13.5. The van der Waals surface area contributed by atoms with Crippen LogP contribution in [0, 0.1) is 0 Å². The van der Waals surface area contributed by atoms with Gasteiger partial charge < -0.3 is 10.4 Å². The van der Waals surface area contributed by atoms with Gasteiger partial charge in [0.1, 0.15) is 0 Å². The van der Waals surface area contributed by atoms with Crippen LogP contribution in [-0.2, 0) is 6.42 Å². The van der Waals surface area contributed by atoms with Crippen LogP contribution in [0.25, 0.3) is 0 Å². The first-order valence-electron chi connectivity index (χ1n) is 7.02. The Hall–Kier alpha value is -0.870. The van der Waals surface area contributed by atoms with E-state index in [1.54, 1.807) is 0 Å². The highest BCUT2D eigenvalue weighted by molar-refractivity contribution is 5.01. The Balaban J connectivity index is 2.48. The Morgan fingerprint density at radius 3 is 2.56 bits per heavy atom. The van der Waals surface area contributed by atoms with Gasteiger partial charge in [-0.2, -0.15) is 5.10 Å². The molecule has 2 N–H and O–H groups in total. The van der Waals surface area contributed by atoms with Crippen LogP contribution < -0.4 is 5.32 Å². The van der Waals surface area contributed by atoms with Gasteiger partial charge in [-0.15, -0.1) is 0 Å². The fourth-order valence-electron chi connectivity index (χ4n) is 2.04. The van der Waals surface area contributed by atoms with Gasteiger partial charge in [-0.3, -0.25) is 4.68 Å². The number of nitrogens with one attached hydrogen (secondary N) is 1. The van der Waals surface area contributed by atoms with Gasteiger partial charge in [-0.05, 0) is 18.9 Å². The highest BCUT2D eigenvalue weighted by Gasteiger charge is 2.11. The van der Waals surface area contributed by atoms with Gasteiger partial charge >= 0.3 is 0 Å². The molecule has 18 heavy (non-hydrogen) atoms. The molecule has 0 aliphatic rings. The van der Waals surface area contributed by atoms with Crippen LogP contribution in [0.3, 0.4) is 0 Å². The molecule has 0 fully saturated rings. The zero-order valence-electron chi connectivity index (χ0n) is 12.1. The number of aliphatic hydroxyl groups excluding tert-OH is 1. The number of nitrogens with zero attached hydrogens (tertiary/aromatic N) is 2. The monoisotopic (exact) mass is 253 g/mol. The fourth-order valence-corrected chi connectivity index (χ4v) is 2.04. The third-order valence-electron chi connectivity index (χ3n) is 3.19. The second-order valence-corrected chi connectivity index (χ2v) is 5.18. The maximum Gasteiger partial charge on any atom is 0.0720 e. The average molecular weight is 253 g/mol. The van der Waals surface area contributed by atoms with E-state index in [1.807, 2.05) is 16.9 Å². The first-order valence-corrected chi connectivity index (χ1v) is 7.02. The quantitative estimate of drug-likeness (QED) is 0.746. The van der Waals surface area contributed by atoms with E-state index in [0.29, 0.717) is 25.0 Å². The zero-order valence-corrected chi connectivity index (χ0v) is 12.1. The summed E-state index contributed by atoms with van der Waals surface area (Å²) in [5.41, 5.74) is 0.972.